The van der Waals surface area contributed by atoms with Crippen molar-refractivity contribution in [3.05, 3.63) is 35.9 Å². The molecular weight excluding hydrogens is 274 g/mol. The Morgan fingerprint density at radius 1 is 1.05 bits per heavy atom. The number of aryl methyl sites for hydroxylation is 1. The van der Waals surface area contributed by atoms with Gasteiger partial charge < -0.3 is 5.32 Å². The molecule has 5 nitrogen and oxygen atoms in total. The van der Waals surface area contributed by atoms with Gasteiger partial charge in [0.25, 0.3) is 0 Å². The monoisotopic (exact) mass is 297 g/mol. The van der Waals surface area contributed by atoms with Gasteiger partial charge in [0.2, 0.25) is 0 Å². The molecule has 0 fully saturated rings. The average Bonchev–Trinajstić information content (AvgIpc) is 2.98. The van der Waals surface area contributed by atoms with Gasteiger partial charge in [-0.2, -0.15) is 10.2 Å². The fourth-order valence-electron chi connectivity index (χ4n) is 2.13. The predicted octanol–water partition coefficient (Wildman–Crippen LogP) is 2.47. The zero-order chi connectivity index (χ0) is 13.7. The van der Waals surface area contributed by atoms with Crippen molar-refractivity contribution in [2.24, 2.45) is 5.92 Å². The van der Waals surface area contributed by atoms with Gasteiger partial charge in [0.1, 0.15) is 0 Å². The lowest BCUT2D eigenvalue weighted by atomic mass is 10.2. The highest BCUT2D eigenvalue weighted by Gasteiger charge is 2.05. The molecule has 20 heavy (non-hydrogen) atoms. The van der Waals surface area contributed by atoms with Crippen molar-refractivity contribution >= 4 is 12.4 Å². The van der Waals surface area contributed by atoms with E-state index in [0.29, 0.717) is 5.92 Å². The van der Waals surface area contributed by atoms with E-state index in [1.807, 2.05) is 17.1 Å². The number of nitrogens with one attached hydrogen (secondary N) is 1. The van der Waals surface area contributed by atoms with Crippen LogP contribution < -0.4 is 5.32 Å². The molecule has 0 aliphatic heterocycles. The summed E-state index contributed by atoms with van der Waals surface area (Å²) in [5, 5.41) is 12.1. The first-order valence-corrected chi connectivity index (χ1v) is 6.92. The Morgan fingerprint density at radius 2 is 1.60 bits per heavy atom. The first kappa shape index (κ1) is 16.7. The molecule has 0 aromatic carbocycles. The molecule has 0 atom stereocenters. The van der Waals surface area contributed by atoms with Crippen molar-refractivity contribution in [3.8, 4) is 0 Å². The topological polar surface area (TPSA) is 47.7 Å². The highest BCUT2D eigenvalue weighted by atomic mass is 35.5. The molecule has 0 unspecified atom stereocenters. The van der Waals surface area contributed by atoms with Crippen LogP contribution in [0.25, 0.3) is 0 Å². The van der Waals surface area contributed by atoms with E-state index in [4.69, 9.17) is 0 Å². The summed E-state index contributed by atoms with van der Waals surface area (Å²) in [7, 11) is 0. The van der Waals surface area contributed by atoms with Crippen LogP contribution in [0.1, 0.15) is 32.2 Å². The van der Waals surface area contributed by atoms with Crippen molar-refractivity contribution in [2.75, 3.05) is 0 Å². The molecule has 0 amide bonds. The van der Waals surface area contributed by atoms with Gasteiger partial charge in [0, 0.05) is 38.6 Å². The highest BCUT2D eigenvalue weighted by Crippen LogP contribution is 2.04. The SMILES string of the molecule is CCn1nccc1CNCc1ccnn1CC(C)C.Cl. The van der Waals surface area contributed by atoms with E-state index < -0.39 is 0 Å². The summed E-state index contributed by atoms with van der Waals surface area (Å²) in [5.74, 6) is 0.611. The molecule has 1 N–H and O–H groups in total. The van der Waals surface area contributed by atoms with E-state index in [0.717, 1.165) is 26.2 Å². The Kier molecular flexibility index (Phi) is 6.75. The smallest absolute Gasteiger partial charge is 0.0522 e. The number of rotatable bonds is 7. The number of nitrogens with zero attached hydrogens (tertiary/aromatic N) is 4. The third kappa shape index (κ3) is 4.35. The first-order valence-electron chi connectivity index (χ1n) is 6.92. The van der Waals surface area contributed by atoms with Gasteiger partial charge in [-0.05, 0) is 25.0 Å². The van der Waals surface area contributed by atoms with Crippen LogP contribution >= 0.6 is 12.4 Å². The third-order valence-corrected chi connectivity index (χ3v) is 3.06. The third-order valence-electron chi connectivity index (χ3n) is 3.06. The van der Waals surface area contributed by atoms with E-state index in [-0.39, 0.29) is 12.4 Å². The van der Waals surface area contributed by atoms with Crippen LogP contribution in [0.15, 0.2) is 24.5 Å². The lowest BCUT2D eigenvalue weighted by Crippen LogP contribution is -2.19. The van der Waals surface area contributed by atoms with Gasteiger partial charge in [0.15, 0.2) is 0 Å². The fourth-order valence-corrected chi connectivity index (χ4v) is 2.13. The van der Waals surface area contributed by atoms with Gasteiger partial charge in [-0.25, -0.2) is 0 Å². The summed E-state index contributed by atoms with van der Waals surface area (Å²) in [6, 6.07) is 4.13. The van der Waals surface area contributed by atoms with Crippen LogP contribution in [0.3, 0.4) is 0 Å². The van der Waals surface area contributed by atoms with Crippen molar-refractivity contribution in [2.45, 2.75) is 47.0 Å². The van der Waals surface area contributed by atoms with Crippen LogP contribution in [0, 0.1) is 5.92 Å². The minimum Gasteiger partial charge on any atom is -0.306 e. The molecule has 0 spiro atoms. The predicted molar refractivity (Wildman–Crippen MR) is 82.8 cm³/mol. The minimum absolute atomic E-state index is 0. The Bertz CT molecular complexity index is 503. The van der Waals surface area contributed by atoms with Crippen molar-refractivity contribution < 1.29 is 0 Å². The van der Waals surface area contributed by atoms with E-state index >= 15 is 0 Å². The molecule has 0 saturated carbocycles. The molecule has 0 radical (unpaired) electrons. The standard InChI is InChI=1S/C14H23N5.ClH/c1-4-18-13(5-7-16-18)9-15-10-14-6-8-17-19(14)11-12(2)3;/h5-8,12,15H,4,9-11H2,1-3H3;1H. The maximum absolute atomic E-state index is 4.36. The molecular formula is C14H24ClN5. The van der Waals surface area contributed by atoms with Crippen LogP contribution in [-0.4, -0.2) is 19.6 Å². The van der Waals surface area contributed by atoms with Crippen molar-refractivity contribution in [1.29, 1.82) is 0 Å². The molecule has 2 rings (SSSR count). The van der Waals surface area contributed by atoms with Gasteiger partial charge in [-0.1, -0.05) is 13.8 Å². The van der Waals surface area contributed by atoms with Crippen LogP contribution in [-0.2, 0) is 26.2 Å². The van der Waals surface area contributed by atoms with Gasteiger partial charge in [0.05, 0.1) is 11.4 Å². The maximum atomic E-state index is 4.36. The molecule has 2 heterocycles. The lowest BCUT2D eigenvalue weighted by Gasteiger charge is -2.11. The maximum Gasteiger partial charge on any atom is 0.0522 e. The second-order valence-electron chi connectivity index (χ2n) is 5.14. The van der Waals surface area contributed by atoms with Crippen molar-refractivity contribution in [3.63, 3.8) is 0 Å². The number of hydrogen-bond acceptors (Lipinski definition) is 3. The number of halogens is 1. The average molecular weight is 298 g/mol. The van der Waals surface area contributed by atoms with Crippen LogP contribution in [0.5, 0.6) is 0 Å². The zero-order valence-corrected chi connectivity index (χ0v) is 13.2. The van der Waals surface area contributed by atoms with Gasteiger partial charge in [-0.15, -0.1) is 12.4 Å². The molecule has 6 heteroatoms. The lowest BCUT2D eigenvalue weighted by molar-refractivity contribution is 0.459. The van der Waals surface area contributed by atoms with Crippen LogP contribution in [0.2, 0.25) is 0 Å². The van der Waals surface area contributed by atoms with E-state index in [2.05, 4.69) is 53.1 Å². The largest absolute Gasteiger partial charge is 0.306 e. The van der Waals surface area contributed by atoms with Crippen molar-refractivity contribution in [1.82, 2.24) is 24.9 Å². The second kappa shape index (κ2) is 8.07. The quantitative estimate of drug-likeness (QED) is 0.854. The fraction of sp³-hybridized carbons (Fsp3) is 0.571. The van der Waals surface area contributed by atoms with Gasteiger partial charge in [-0.3, -0.25) is 9.36 Å². The summed E-state index contributed by atoms with van der Waals surface area (Å²) >= 11 is 0. The zero-order valence-electron chi connectivity index (χ0n) is 12.4. The van der Waals surface area contributed by atoms with Gasteiger partial charge >= 0.3 is 0 Å². The molecule has 0 aliphatic rings. The molecule has 2 aromatic heterocycles. The normalized spacial score (nSPS) is 10.8. The molecule has 0 aliphatic carbocycles. The summed E-state index contributed by atoms with van der Waals surface area (Å²) in [4.78, 5) is 0. The second-order valence-corrected chi connectivity index (χ2v) is 5.14. The molecule has 112 valence electrons. The highest BCUT2D eigenvalue weighted by molar-refractivity contribution is 5.85. The molecule has 2 aromatic rings. The summed E-state index contributed by atoms with van der Waals surface area (Å²) in [5.41, 5.74) is 2.45. The summed E-state index contributed by atoms with van der Waals surface area (Å²) in [6.07, 6.45) is 3.72. The minimum atomic E-state index is 0. The Labute approximate surface area is 126 Å². The van der Waals surface area contributed by atoms with E-state index in [1.165, 1.54) is 11.4 Å². The van der Waals surface area contributed by atoms with E-state index in [9.17, 15) is 0 Å². The summed E-state index contributed by atoms with van der Waals surface area (Å²) < 4.78 is 4.09. The first-order chi connectivity index (χ1) is 9.20. The van der Waals surface area contributed by atoms with Crippen LogP contribution in [0.4, 0.5) is 0 Å². The Morgan fingerprint density at radius 3 is 2.15 bits per heavy atom. The Hall–Kier alpha value is -1.33. The molecule has 0 bridgehead atoms. The number of aromatic nitrogens is 4. The number of hydrogen-bond donors (Lipinski definition) is 1. The summed E-state index contributed by atoms with van der Waals surface area (Å²) in [6.45, 7) is 10.1. The Balaban J connectivity index is 0.00000200. The molecule has 0 saturated heterocycles. The van der Waals surface area contributed by atoms with E-state index in [1.54, 1.807) is 0 Å².